The first-order valence-corrected chi connectivity index (χ1v) is 5.97. The fourth-order valence-electron chi connectivity index (χ4n) is 1.58. The van der Waals surface area contributed by atoms with Crippen LogP contribution in [0.25, 0.3) is 0 Å². The predicted octanol–water partition coefficient (Wildman–Crippen LogP) is 2.03. The highest BCUT2D eigenvalue weighted by molar-refractivity contribution is 5.95. The second-order valence-electron chi connectivity index (χ2n) is 4.11. The van der Waals surface area contributed by atoms with Gasteiger partial charge in [0.1, 0.15) is 17.4 Å². The molecule has 1 amide bonds. The molecular formula is C13H13F2N3O2. The molecule has 3 N–H and O–H groups in total. The summed E-state index contributed by atoms with van der Waals surface area (Å²) in [5.74, 6) is -1.60. The Morgan fingerprint density at radius 3 is 2.80 bits per heavy atom. The third-order valence-electron chi connectivity index (χ3n) is 2.68. The highest BCUT2D eigenvalue weighted by atomic mass is 19.1. The molecule has 0 saturated heterocycles. The van der Waals surface area contributed by atoms with Gasteiger partial charge in [0.2, 0.25) is 5.89 Å². The second kappa shape index (κ2) is 5.68. The van der Waals surface area contributed by atoms with E-state index in [0.29, 0.717) is 24.1 Å². The van der Waals surface area contributed by atoms with Gasteiger partial charge in [-0.2, -0.15) is 0 Å². The average Bonchev–Trinajstić information content (AvgIpc) is 2.88. The molecule has 0 aliphatic rings. The van der Waals surface area contributed by atoms with Crippen LogP contribution in [0.3, 0.4) is 0 Å². The Morgan fingerprint density at radius 1 is 1.40 bits per heavy atom. The molecule has 0 saturated carbocycles. The molecule has 0 aliphatic carbocycles. The summed E-state index contributed by atoms with van der Waals surface area (Å²) in [5.41, 5.74) is 4.69. The first kappa shape index (κ1) is 14.0. The molecule has 1 heterocycles. The first-order valence-electron chi connectivity index (χ1n) is 5.97. The van der Waals surface area contributed by atoms with Crippen LogP contribution in [-0.4, -0.2) is 10.9 Å². The molecule has 20 heavy (non-hydrogen) atoms. The number of halogens is 2. The number of oxazole rings is 1. The number of carbonyl (C=O) groups excluding carboxylic acids is 1. The zero-order chi connectivity index (χ0) is 14.7. The summed E-state index contributed by atoms with van der Waals surface area (Å²) in [6, 6.07) is 1.53. The van der Waals surface area contributed by atoms with E-state index in [1.54, 1.807) is 6.20 Å². The molecule has 0 radical (unpaired) electrons. The third-order valence-corrected chi connectivity index (χ3v) is 2.68. The largest absolute Gasteiger partial charge is 0.444 e. The highest BCUT2D eigenvalue weighted by Crippen LogP contribution is 2.16. The van der Waals surface area contributed by atoms with E-state index in [-0.39, 0.29) is 17.8 Å². The van der Waals surface area contributed by atoms with Crippen LogP contribution in [0.5, 0.6) is 0 Å². The van der Waals surface area contributed by atoms with E-state index in [1.165, 1.54) is 0 Å². The summed E-state index contributed by atoms with van der Waals surface area (Å²) in [4.78, 5) is 15.7. The lowest BCUT2D eigenvalue weighted by Gasteiger charge is -2.06. The lowest BCUT2D eigenvalue weighted by molar-refractivity contribution is 0.0943. The smallest absolute Gasteiger partial charge is 0.254 e. The zero-order valence-corrected chi connectivity index (χ0v) is 10.7. The number of hydrogen-bond donors (Lipinski definition) is 2. The van der Waals surface area contributed by atoms with Crippen LogP contribution in [-0.2, 0) is 13.0 Å². The van der Waals surface area contributed by atoms with Gasteiger partial charge in [0.15, 0.2) is 0 Å². The Kier molecular flexibility index (Phi) is 3.97. The summed E-state index contributed by atoms with van der Waals surface area (Å²) in [6.07, 6.45) is 2.24. The molecule has 7 heteroatoms. The molecule has 106 valence electrons. The number of amides is 1. The summed E-state index contributed by atoms with van der Waals surface area (Å²) in [7, 11) is 0. The van der Waals surface area contributed by atoms with Crippen LogP contribution in [0.2, 0.25) is 0 Å². The van der Waals surface area contributed by atoms with E-state index in [4.69, 9.17) is 10.2 Å². The molecule has 0 atom stereocenters. The Bertz CT molecular complexity index is 641. The molecule has 1 aromatic carbocycles. The van der Waals surface area contributed by atoms with Gasteiger partial charge in [0.25, 0.3) is 5.91 Å². The topological polar surface area (TPSA) is 81.2 Å². The van der Waals surface area contributed by atoms with E-state index in [2.05, 4.69) is 10.3 Å². The Hall–Kier alpha value is -2.44. The quantitative estimate of drug-likeness (QED) is 0.840. The number of nitrogen functional groups attached to an aromatic ring is 1. The number of nitrogens with two attached hydrogens (primary N) is 1. The Labute approximate surface area is 113 Å². The van der Waals surface area contributed by atoms with Gasteiger partial charge in [-0.05, 0) is 6.07 Å². The van der Waals surface area contributed by atoms with Crippen molar-refractivity contribution in [2.75, 3.05) is 5.73 Å². The van der Waals surface area contributed by atoms with Gasteiger partial charge in [0.05, 0.1) is 24.0 Å². The van der Waals surface area contributed by atoms with Crippen LogP contribution in [0.4, 0.5) is 14.5 Å². The fraction of sp³-hybridized carbons (Fsp3) is 0.231. The third kappa shape index (κ3) is 2.93. The number of nitrogens with one attached hydrogen (secondary N) is 1. The van der Waals surface area contributed by atoms with Crippen molar-refractivity contribution in [1.29, 1.82) is 0 Å². The minimum Gasteiger partial charge on any atom is -0.444 e. The minimum atomic E-state index is -0.976. The lowest BCUT2D eigenvalue weighted by atomic mass is 10.1. The van der Waals surface area contributed by atoms with Gasteiger partial charge in [-0.1, -0.05) is 6.92 Å². The summed E-state index contributed by atoms with van der Waals surface area (Å²) in [6.45, 7) is 1.91. The summed E-state index contributed by atoms with van der Waals surface area (Å²) in [5, 5.41) is 2.43. The second-order valence-corrected chi connectivity index (χ2v) is 4.11. The van der Waals surface area contributed by atoms with E-state index in [1.807, 2.05) is 6.92 Å². The Balaban J connectivity index is 2.07. The van der Waals surface area contributed by atoms with Gasteiger partial charge < -0.3 is 15.5 Å². The van der Waals surface area contributed by atoms with Gasteiger partial charge in [0, 0.05) is 12.5 Å². The zero-order valence-electron chi connectivity index (χ0n) is 10.7. The van der Waals surface area contributed by atoms with Gasteiger partial charge in [-0.3, -0.25) is 4.79 Å². The van der Waals surface area contributed by atoms with Crippen LogP contribution in [0, 0.1) is 11.6 Å². The maximum absolute atomic E-state index is 13.5. The van der Waals surface area contributed by atoms with Crippen molar-refractivity contribution in [3.05, 3.63) is 47.2 Å². The maximum atomic E-state index is 13.5. The SMILES string of the molecule is CCc1cnc(CNC(=O)c2cc(N)c(F)cc2F)o1. The molecule has 2 rings (SSSR count). The molecule has 0 spiro atoms. The van der Waals surface area contributed by atoms with Gasteiger partial charge in [-0.15, -0.1) is 0 Å². The van der Waals surface area contributed by atoms with Crippen molar-refractivity contribution in [2.24, 2.45) is 0 Å². The minimum absolute atomic E-state index is 0.00948. The normalized spacial score (nSPS) is 10.6. The van der Waals surface area contributed by atoms with Crippen LogP contribution < -0.4 is 11.1 Å². The van der Waals surface area contributed by atoms with Gasteiger partial charge in [-0.25, -0.2) is 13.8 Å². The number of rotatable bonds is 4. The molecule has 0 aliphatic heterocycles. The lowest BCUT2D eigenvalue weighted by Crippen LogP contribution is -2.24. The van der Waals surface area contributed by atoms with E-state index in [9.17, 15) is 13.6 Å². The number of anilines is 1. The van der Waals surface area contributed by atoms with Crippen molar-refractivity contribution in [3.8, 4) is 0 Å². The van der Waals surface area contributed by atoms with E-state index < -0.39 is 17.5 Å². The standard InChI is InChI=1S/C13H13F2N3O2/c1-2-7-5-17-12(20-7)6-18-13(19)8-3-11(16)10(15)4-9(8)14/h3-5H,2,6,16H2,1H3,(H,18,19). The van der Waals surface area contributed by atoms with E-state index >= 15 is 0 Å². The molecule has 5 nitrogen and oxygen atoms in total. The summed E-state index contributed by atoms with van der Waals surface area (Å²) < 4.78 is 31.8. The fourth-order valence-corrected chi connectivity index (χ4v) is 1.58. The van der Waals surface area contributed by atoms with Crippen molar-refractivity contribution in [2.45, 2.75) is 19.9 Å². The molecule has 0 unspecified atom stereocenters. The number of aromatic nitrogens is 1. The average molecular weight is 281 g/mol. The van der Waals surface area contributed by atoms with Crippen molar-refractivity contribution >= 4 is 11.6 Å². The molecular weight excluding hydrogens is 268 g/mol. The number of benzene rings is 1. The van der Waals surface area contributed by atoms with Crippen molar-refractivity contribution in [3.63, 3.8) is 0 Å². The molecule has 1 aromatic heterocycles. The molecule has 0 fully saturated rings. The number of carbonyl (C=O) groups is 1. The summed E-state index contributed by atoms with van der Waals surface area (Å²) >= 11 is 0. The monoisotopic (exact) mass is 281 g/mol. The highest BCUT2D eigenvalue weighted by Gasteiger charge is 2.15. The number of aryl methyl sites for hydroxylation is 1. The van der Waals surface area contributed by atoms with Gasteiger partial charge >= 0.3 is 0 Å². The van der Waals surface area contributed by atoms with E-state index in [0.717, 1.165) is 6.07 Å². The number of hydrogen-bond acceptors (Lipinski definition) is 4. The predicted molar refractivity (Wildman–Crippen MR) is 67.8 cm³/mol. The van der Waals surface area contributed by atoms with Crippen molar-refractivity contribution < 1.29 is 18.0 Å². The van der Waals surface area contributed by atoms with Crippen LogP contribution in [0.15, 0.2) is 22.7 Å². The first-order chi connectivity index (χ1) is 9.51. The molecule has 2 aromatic rings. The molecule has 0 bridgehead atoms. The van der Waals surface area contributed by atoms with Crippen LogP contribution in [0.1, 0.15) is 28.9 Å². The number of nitrogens with zero attached hydrogens (tertiary/aromatic N) is 1. The van der Waals surface area contributed by atoms with Crippen LogP contribution >= 0.6 is 0 Å². The van der Waals surface area contributed by atoms with Crippen molar-refractivity contribution in [1.82, 2.24) is 10.3 Å². The maximum Gasteiger partial charge on any atom is 0.254 e. The Morgan fingerprint density at radius 2 is 2.15 bits per heavy atom.